The highest BCUT2D eigenvalue weighted by Crippen LogP contribution is 2.60. The van der Waals surface area contributed by atoms with Gasteiger partial charge in [-0.05, 0) is 93.8 Å². The van der Waals surface area contributed by atoms with Crippen molar-refractivity contribution in [2.75, 3.05) is 6.54 Å². The van der Waals surface area contributed by atoms with Crippen molar-refractivity contribution >= 4 is 17.7 Å². The SMILES string of the molecule is O=C1NC(C2CC2)(C2CC2)C(=O)N1CC(=O)C12CC3CC(CC(C3)C1)C2. The molecule has 5 nitrogen and oxygen atoms in total. The molecular weight excluding hydrogens is 328 g/mol. The molecule has 6 aliphatic carbocycles. The van der Waals surface area contributed by atoms with Gasteiger partial charge in [-0.25, -0.2) is 4.79 Å². The first kappa shape index (κ1) is 15.6. The Labute approximate surface area is 154 Å². The Kier molecular flexibility index (Phi) is 2.95. The van der Waals surface area contributed by atoms with E-state index < -0.39 is 5.54 Å². The summed E-state index contributed by atoms with van der Waals surface area (Å²) in [5.41, 5.74) is -0.904. The number of carbonyl (C=O) groups is 3. The summed E-state index contributed by atoms with van der Waals surface area (Å²) in [7, 11) is 0. The van der Waals surface area contributed by atoms with Crippen LogP contribution >= 0.6 is 0 Å². The van der Waals surface area contributed by atoms with Crippen molar-refractivity contribution in [3.8, 4) is 0 Å². The third-order valence-electron chi connectivity index (χ3n) is 8.53. The molecule has 1 aliphatic heterocycles. The van der Waals surface area contributed by atoms with Crippen LogP contribution in [-0.2, 0) is 9.59 Å². The molecule has 3 amide bonds. The summed E-state index contributed by atoms with van der Waals surface area (Å²) in [5, 5.41) is 3.06. The van der Waals surface area contributed by atoms with E-state index in [0.29, 0.717) is 29.6 Å². The van der Waals surface area contributed by atoms with Crippen LogP contribution in [0, 0.1) is 35.0 Å². The van der Waals surface area contributed by atoms with Crippen LogP contribution in [0.5, 0.6) is 0 Å². The van der Waals surface area contributed by atoms with E-state index in [0.717, 1.165) is 44.9 Å². The molecule has 26 heavy (non-hydrogen) atoms. The molecule has 5 heteroatoms. The average molecular weight is 356 g/mol. The number of nitrogens with one attached hydrogen (secondary N) is 1. The van der Waals surface area contributed by atoms with Gasteiger partial charge < -0.3 is 5.32 Å². The molecule has 1 saturated heterocycles. The number of hydrogen-bond acceptors (Lipinski definition) is 3. The predicted octanol–water partition coefficient (Wildman–Crippen LogP) is 2.88. The number of ketones is 1. The quantitative estimate of drug-likeness (QED) is 0.770. The minimum absolute atomic E-state index is 0.0119. The Morgan fingerprint density at radius 3 is 1.88 bits per heavy atom. The van der Waals surface area contributed by atoms with Crippen LogP contribution in [0.25, 0.3) is 0 Å². The van der Waals surface area contributed by atoms with Crippen molar-refractivity contribution in [2.45, 2.75) is 69.7 Å². The normalized spacial score (nSPS) is 43.1. The second kappa shape index (κ2) is 4.90. The second-order valence-electron chi connectivity index (χ2n) is 10.4. The number of carbonyl (C=O) groups excluding carboxylic acids is 3. The van der Waals surface area contributed by atoms with Gasteiger partial charge in [-0.1, -0.05) is 0 Å². The van der Waals surface area contributed by atoms with Gasteiger partial charge in [0.2, 0.25) is 0 Å². The van der Waals surface area contributed by atoms with E-state index in [9.17, 15) is 14.4 Å². The zero-order chi connectivity index (χ0) is 17.7. The van der Waals surface area contributed by atoms with Gasteiger partial charge in [0.25, 0.3) is 5.91 Å². The fourth-order valence-electron chi connectivity index (χ4n) is 7.48. The maximum Gasteiger partial charge on any atom is 0.325 e. The molecule has 0 spiro atoms. The first-order chi connectivity index (χ1) is 12.5. The summed E-state index contributed by atoms with van der Waals surface area (Å²) < 4.78 is 0. The molecule has 7 fully saturated rings. The summed E-state index contributed by atoms with van der Waals surface area (Å²) in [6.07, 6.45) is 11.0. The molecule has 0 aromatic heterocycles. The van der Waals surface area contributed by atoms with Crippen LogP contribution < -0.4 is 5.32 Å². The van der Waals surface area contributed by atoms with E-state index in [1.807, 2.05) is 0 Å². The van der Waals surface area contributed by atoms with Crippen molar-refractivity contribution in [3.05, 3.63) is 0 Å². The molecule has 0 aromatic carbocycles. The minimum Gasteiger partial charge on any atom is -0.323 e. The van der Waals surface area contributed by atoms with Gasteiger partial charge in [0.05, 0.1) is 6.54 Å². The van der Waals surface area contributed by atoms with Gasteiger partial charge in [-0.3, -0.25) is 14.5 Å². The van der Waals surface area contributed by atoms with E-state index in [4.69, 9.17) is 0 Å². The zero-order valence-corrected chi connectivity index (χ0v) is 15.3. The summed E-state index contributed by atoms with van der Waals surface area (Å²) >= 11 is 0. The van der Waals surface area contributed by atoms with Crippen molar-refractivity contribution in [1.29, 1.82) is 0 Å². The van der Waals surface area contributed by atoms with E-state index >= 15 is 0 Å². The summed E-state index contributed by atoms with van der Waals surface area (Å²) in [5.74, 6) is 2.77. The Balaban J connectivity index is 1.25. The van der Waals surface area contributed by atoms with E-state index in [2.05, 4.69) is 5.32 Å². The molecule has 1 heterocycles. The molecule has 140 valence electrons. The fourth-order valence-corrected chi connectivity index (χ4v) is 7.48. The Morgan fingerprint density at radius 1 is 0.923 bits per heavy atom. The lowest BCUT2D eigenvalue weighted by Gasteiger charge is -2.56. The van der Waals surface area contributed by atoms with Crippen LogP contribution in [0.3, 0.4) is 0 Å². The lowest BCUT2D eigenvalue weighted by molar-refractivity contribution is -0.147. The largest absolute Gasteiger partial charge is 0.325 e. The third-order valence-corrected chi connectivity index (χ3v) is 8.53. The van der Waals surface area contributed by atoms with Crippen molar-refractivity contribution in [1.82, 2.24) is 10.2 Å². The van der Waals surface area contributed by atoms with Crippen LogP contribution in [-0.4, -0.2) is 34.7 Å². The molecule has 0 atom stereocenters. The summed E-state index contributed by atoms with van der Waals surface area (Å²) in [6.45, 7) is 0.0119. The zero-order valence-electron chi connectivity index (χ0n) is 15.3. The lowest BCUT2D eigenvalue weighted by atomic mass is 9.48. The molecule has 4 bridgehead atoms. The highest BCUT2D eigenvalue weighted by atomic mass is 16.2. The van der Waals surface area contributed by atoms with Gasteiger partial charge >= 0.3 is 6.03 Å². The van der Waals surface area contributed by atoms with Gasteiger partial charge in [0, 0.05) is 5.41 Å². The van der Waals surface area contributed by atoms with Crippen LogP contribution in [0.15, 0.2) is 0 Å². The van der Waals surface area contributed by atoms with E-state index in [1.54, 1.807) is 0 Å². The smallest absolute Gasteiger partial charge is 0.323 e. The van der Waals surface area contributed by atoms with Crippen LogP contribution in [0.4, 0.5) is 4.79 Å². The van der Waals surface area contributed by atoms with Crippen LogP contribution in [0.1, 0.15) is 64.2 Å². The molecule has 7 rings (SSSR count). The summed E-state index contributed by atoms with van der Waals surface area (Å²) in [4.78, 5) is 40.6. The number of rotatable bonds is 5. The number of amides is 3. The monoisotopic (exact) mass is 356 g/mol. The molecule has 6 saturated carbocycles. The second-order valence-corrected chi connectivity index (χ2v) is 10.4. The predicted molar refractivity (Wildman–Crippen MR) is 94.0 cm³/mol. The molecule has 0 unspecified atom stereocenters. The Hall–Kier alpha value is -1.39. The van der Waals surface area contributed by atoms with E-state index in [1.165, 1.54) is 24.2 Å². The van der Waals surface area contributed by atoms with Crippen molar-refractivity contribution < 1.29 is 14.4 Å². The van der Waals surface area contributed by atoms with Gasteiger partial charge in [0.15, 0.2) is 5.78 Å². The Bertz CT molecular complexity index is 659. The highest BCUT2D eigenvalue weighted by Gasteiger charge is 2.66. The molecule has 1 N–H and O–H groups in total. The maximum absolute atomic E-state index is 13.4. The lowest BCUT2D eigenvalue weighted by Crippen LogP contribution is -2.54. The molecule has 0 aromatic rings. The molecular formula is C21H28N2O3. The molecule has 7 aliphatic rings. The number of imide groups is 1. The average Bonchev–Trinajstić information content (AvgIpc) is 3.48. The topological polar surface area (TPSA) is 66.5 Å². The first-order valence-corrected chi connectivity index (χ1v) is 10.7. The standard InChI is InChI=1S/C21H28N2O3/c24-17(20-8-12-5-13(9-20)7-14(6-12)10-20)11-23-18(25)21(15-1-2-15,16-3-4-16)22-19(23)26/h12-16H,1-11H2,(H,22,26). The summed E-state index contributed by atoms with van der Waals surface area (Å²) in [6, 6.07) is -0.313. The Morgan fingerprint density at radius 2 is 1.42 bits per heavy atom. The van der Waals surface area contributed by atoms with E-state index in [-0.39, 0.29) is 29.7 Å². The van der Waals surface area contributed by atoms with Crippen molar-refractivity contribution in [2.24, 2.45) is 35.0 Å². The highest BCUT2D eigenvalue weighted by molar-refractivity contribution is 6.10. The minimum atomic E-state index is -0.668. The number of nitrogens with zero attached hydrogens (tertiary/aromatic N) is 1. The van der Waals surface area contributed by atoms with Crippen molar-refractivity contribution in [3.63, 3.8) is 0 Å². The van der Waals surface area contributed by atoms with Gasteiger partial charge in [0.1, 0.15) is 5.54 Å². The fraction of sp³-hybridized carbons (Fsp3) is 0.857. The molecule has 0 radical (unpaired) electrons. The number of urea groups is 1. The van der Waals surface area contributed by atoms with Gasteiger partial charge in [-0.2, -0.15) is 0 Å². The van der Waals surface area contributed by atoms with Crippen LogP contribution in [0.2, 0.25) is 0 Å². The maximum atomic E-state index is 13.4. The van der Waals surface area contributed by atoms with Gasteiger partial charge in [-0.15, -0.1) is 0 Å². The number of Topliss-reactive ketones (excluding diaryl/α,β-unsaturated/α-hetero) is 1. The third kappa shape index (κ3) is 2.00. The first-order valence-electron chi connectivity index (χ1n) is 10.7. The number of hydrogen-bond donors (Lipinski definition) is 1.